The average Bonchev–Trinajstić information content (AvgIpc) is 2.32. The van der Waals surface area contributed by atoms with Crippen LogP contribution in [-0.4, -0.2) is 52.0 Å². The van der Waals surface area contributed by atoms with Gasteiger partial charge >= 0.3 is 151 Å². The van der Waals surface area contributed by atoms with E-state index >= 15 is 0 Å². The molecule has 0 aromatic carbocycles. The van der Waals surface area contributed by atoms with E-state index in [1.165, 1.54) is 0 Å². The predicted octanol–water partition coefficient (Wildman–Crippen LogP) is 6.92. The van der Waals surface area contributed by atoms with E-state index in [4.69, 9.17) is 15.3 Å². The van der Waals surface area contributed by atoms with Crippen LogP contribution in [0.15, 0.2) is 0 Å². The van der Waals surface area contributed by atoms with Gasteiger partial charge < -0.3 is 15.3 Å². The Morgan fingerprint density at radius 3 is 0.848 bits per heavy atom. The third-order valence-corrected chi connectivity index (χ3v) is 1.33. The van der Waals surface area contributed by atoms with E-state index in [1.54, 1.807) is 0 Å². The Labute approximate surface area is 224 Å². The van der Waals surface area contributed by atoms with Crippen LogP contribution in [0.25, 0.3) is 0 Å². The van der Waals surface area contributed by atoms with Crippen LogP contribution in [-0.2, 0) is 19.1 Å². The van der Waals surface area contributed by atoms with Crippen molar-refractivity contribution in [1.82, 2.24) is 0 Å². The van der Waals surface area contributed by atoms with Crippen LogP contribution in [0.5, 0.6) is 0 Å². The van der Waals surface area contributed by atoms with Gasteiger partial charge in [0, 0.05) is 0 Å². The molecule has 0 atom stereocenters. The molecule has 0 saturated heterocycles. The third-order valence-electron chi connectivity index (χ3n) is 1.33. The van der Waals surface area contributed by atoms with Gasteiger partial charge in [-0.1, -0.05) is 0 Å². The van der Waals surface area contributed by atoms with Crippen molar-refractivity contribution in [1.29, 1.82) is 0 Å². The van der Waals surface area contributed by atoms with Crippen molar-refractivity contribution in [3.8, 4) is 0 Å². The summed E-state index contributed by atoms with van der Waals surface area (Å²) in [5.74, 6) is -6.40. The van der Waals surface area contributed by atoms with Crippen molar-refractivity contribution in [3.05, 3.63) is 0 Å². The second-order valence-electron chi connectivity index (χ2n) is 3.52. The molecule has 0 heterocycles. The molecule has 0 fully saturated rings. The first-order chi connectivity index (χ1) is 12.6. The van der Waals surface area contributed by atoms with Gasteiger partial charge in [0.05, 0.1) is 0 Å². The van der Waals surface area contributed by atoms with Gasteiger partial charge in [0.15, 0.2) is 0 Å². The maximum atomic E-state index is 11.6. The number of halogens is 18. The summed E-state index contributed by atoms with van der Waals surface area (Å²) in [6, 6.07) is 0. The van der Waals surface area contributed by atoms with E-state index in [1.807, 2.05) is 4.74 Å². The Hall–Kier alpha value is 0.749. The molecule has 0 aromatic heterocycles. The maximum absolute atomic E-state index is 11.6. The maximum Gasteiger partial charge on any atom is 0 e. The number of alkyl halides is 13. The minimum Gasteiger partial charge on any atom is 0 e. The van der Waals surface area contributed by atoms with E-state index in [0.717, 1.165) is 0 Å². The smallest absolute Gasteiger partial charge is 0 e. The minimum atomic E-state index is -6.45. The summed E-state index contributed by atoms with van der Waals surface area (Å²) in [5, 5.41) is 21.6. The van der Waals surface area contributed by atoms with E-state index in [-0.39, 0.29) is 4.92 Å². The Morgan fingerprint density at radius 1 is 0.606 bits per heavy atom. The summed E-state index contributed by atoms with van der Waals surface area (Å²) in [4.78, 5) is -0.278. The third kappa shape index (κ3) is 27.2. The SMILES string of the molecule is OC(F)(F)C(F)(F)C(F)(F)F.OC(F)(F)OC(F)(F)C(O)(F)F.[I][V]([I])[I].[I][V][I].[Rf].[Rf].[Rf]. The molecule has 0 aromatic rings. The monoisotopic (exact) mass is 1920 g/mol. The van der Waals surface area contributed by atoms with Crippen LogP contribution in [0, 0.1) is 0 Å². The van der Waals surface area contributed by atoms with Crippen molar-refractivity contribution in [2.75, 3.05) is 0 Å². The predicted molar refractivity (Wildman–Crippen MR) is 109 cm³/mol. The van der Waals surface area contributed by atoms with Crippen LogP contribution in [0.3, 0.4) is 0 Å². The molecule has 0 aliphatic heterocycles. The first kappa shape index (κ1) is 50.6. The van der Waals surface area contributed by atoms with Gasteiger partial charge in [0.25, 0.3) is 0 Å². The summed E-state index contributed by atoms with van der Waals surface area (Å²) < 4.78 is 147. The summed E-state index contributed by atoms with van der Waals surface area (Å²) >= 11 is 12.1. The van der Waals surface area contributed by atoms with Gasteiger partial charge in [-0.25, -0.2) is 4.74 Å². The van der Waals surface area contributed by atoms with E-state index in [9.17, 15) is 57.1 Å². The molecule has 3 N–H and O–H groups in total. The molecule has 0 rings (SSSR count). The van der Waals surface area contributed by atoms with Gasteiger partial charge in [0.1, 0.15) is 0 Å². The van der Waals surface area contributed by atoms with Gasteiger partial charge in [-0.15, -0.1) is 8.78 Å². The second kappa shape index (κ2) is 18.9. The Bertz CT molecular complexity index is 449. The van der Waals surface area contributed by atoms with Crippen LogP contribution in [0.2, 0.25) is 0 Å². The van der Waals surface area contributed by atoms with Crippen LogP contribution < -0.4 is 0 Å². The van der Waals surface area contributed by atoms with Gasteiger partial charge in [-0.2, -0.15) is 48.3 Å². The molecule has 27 heteroatoms. The topological polar surface area (TPSA) is 69.9 Å². The summed E-state index contributed by atoms with van der Waals surface area (Å²) in [6.45, 7) is 0. The van der Waals surface area contributed by atoms with Gasteiger partial charge in [-0.3, -0.25) is 0 Å². The first-order valence-electron chi connectivity index (χ1n) is 5.13. The fraction of sp³-hybridized carbons (Fsp3) is 1.00. The Balaban J connectivity index is -0.0000000597. The van der Waals surface area contributed by atoms with Crippen molar-refractivity contribution >= 4 is 99.9 Å². The number of rotatable bonds is 4. The van der Waals surface area contributed by atoms with Crippen molar-refractivity contribution in [2.45, 2.75) is 36.7 Å². The largest absolute Gasteiger partial charge is 0 e. The van der Waals surface area contributed by atoms with Crippen molar-refractivity contribution < 1.29 is 91.5 Å². The number of ether oxygens (including phenoxy) is 1. The molecule has 0 aliphatic rings. The molecule has 0 aliphatic carbocycles. The molecular weight excluding hydrogens is 1920 g/mol. The van der Waals surface area contributed by atoms with Crippen molar-refractivity contribution in [2.24, 2.45) is 0 Å². The quantitative estimate of drug-likeness (QED) is 0.163. The van der Waals surface area contributed by atoms with Gasteiger partial charge in [0.2, 0.25) is 0 Å². The standard InChI is InChI=1S/C3HF7O.C3H2F6O3.5HI.3Rf.2V/c4-1(5,2(6,7)8)3(9,10)11;4-1(5,10)2(6,7)12-3(8,9)11;;;;;;;;;;/h11H;10-11H;5*1H;;;;;/q;;;;;;;;;;+2;+3/p-5. The fourth-order valence-electron chi connectivity index (χ4n) is 0.386. The average molecular weight is 1920 g/mol. The Morgan fingerprint density at radius 2 is 0.818 bits per heavy atom. The minimum absolute atomic E-state index is 0. The summed E-state index contributed by atoms with van der Waals surface area (Å²) in [6.07, 6.45) is -29.6. The molecule has 0 bridgehead atoms. The summed E-state index contributed by atoms with van der Waals surface area (Å²) in [5.41, 5.74) is 0. The molecule has 0 saturated carbocycles. The number of hydrogen-bond acceptors (Lipinski definition) is 4. The summed E-state index contributed by atoms with van der Waals surface area (Å²) in [7, 11) is 0.628. The molecule has 33 heavy (non-hydrogen) atoms. The van der Waals surface area contributed by atoms with E-state index in [0.29, 0.717) is 9.47 Å². The second-order valence-corrected chi connectivity index (χ2v) is 50.7. The van der Waals surface area contributed by atoms with Gasteiger partial charge in [-0.05, 0) is 0 Å². The fourth-order valence-corrected chi connectivity index (χ4v) is 0.386. The zero-order valence-corrected chi connectivity index (χ0v) is 47.3. The molecule has 193 valence electrons. The zero-order valence-electron chi connectivity index (χ0n) is 14.6. The Kier molecular flexibility index (Phi) is 29.0. The zero-order chi connectivity index (χ0) is 26.0. The van der Waals surface area contributed by atoms with E-state index in [2.05, 4.69) is 99.9 Å². The number of hydrogen-bond donors (Lipinski definition) is 3. The number of aliphatic hydroxyl groups is 3. The molecular formula is C6H3F13I5O4Rf3V2. The molecule has 4 nitrogen and oxygen atoms in total. The van der Waals surface area contributed by atoms with E-state index < -0.39 is 36.7 Å². The normalized spacial score (nSPS) is 12.1. The van der Waals surface area contributed by atoms with Crippen LogP contribution in [0.4, 0.5) is 57.1 Å². The van der Waals surface area contributed by atoms with Crippen LogP contribution in [0.1, 0.15) is 0 Å². The van der Waals surface area contributed by atoms with Crippen LogP contribution >= 0.6 is 99.9 Å². The molecule has 0 radical (unpaired) electrons. The van der Waals surface area contributed by atoms with Crippen molar-refractivity contribution in [3.63, 3.8) is 0 Å². The molecule has 0 spiro atoms. The molecule has 0 amide bonds. The first-order valence-corrected chi connectivity index (χ1v) is 27.7. The molecule has 0 unspecified atom stereocenters.